The molecular formula is C24H25N5O3S. The van der Waals surface area contributed by atoms with Crippen LogP contribution in [0.5, 0.6) is 0 Å². The molecule has 1 fully saturated rings. The van der Waals surface area contributed by atoms with Crippen molar-refractivity contribution in [1.29, 1.82) is 5.26 Å². The van der Waals surface area contributed by atoms with E-state index in [1.807, 2.05) is 44.2 Å². The van der Waals surface area contributed by atoms with Gasteiger partial charge in [0.05, 0.1) is 33.6 Å². The number of hydrogen-bond donors (Lipinski definition) is 0. The number of piperazine rings is 1. The summed E-state index contributed by atoms with van der Waals surface area (Å²) in [5, 5.41) is 13.7. The SMILES string of the molecule is CCc1c(C(=O)N2CCN(S(=O)(=O)c3ccccc3C#N)CC2)cnn1-c1cccc(C)c1. The topological polar surface area (TPSA) is 99.3 Å². The monoisotopic (exact) mass is 463 g/mol. The quantitative estimate of drug-likeness (QED) is 0.579. The van der Waals surface area contributed by atoms with E-state index in [1.165, 1.54) is 16.4 Å². The summed E-state index contributed by atoms with van der Waals surface area (Å²) in [6.45, 7) is 4.87. The maximum Gasteiger partial charge on any atom is 0.257 e. The van der Waals surface area contributed by atoms with Crippen LogP contribution in [0, 0.1) is 18.3 Å². The Labute approximate surface area is 193 Å². The van der Waals surface area contributed by atoms with Crippen molar-refractivity contribution in [3.63, 3.8) is 0 Å². The van der Waals surface area contributed by atoms with E-state index in [2.05, 4.69) is 5.10 Å². The van der Waals surface area contributed by atoms with E-state index in [4.69, 9.17) is 0 Å². The second-order valence-corrected chi connectivity index (χ2v) is 9.82. The highest BCUT2D eigenvalue weighted by Crippen LogP contribution is 2.23. The van der Waals surface area contributed by atoms with Crippen molar-refractivity contribution in [3.05, 3.63) is 77.1 Å². The molecule has 0 aliphatic carbocycles. The van der Waals surface area contributed by atoms with E-state index in [1.54, 1.807) is 27.9 Å². The van der Waals surface area contributed by atoms with Gasteiger partial charge in [0.15, 0.2) is 0 Å². The van der Waals surface area contributed by atoms with Crippen LogP contribution in [0.3, 0.4) is 0 Å². The van der Waals surface area contributed by atoms with Gasteiger partial charge in [0.2, 0.25) is 10.0 Å². The van der Waals surface area contributed by atoms with Crippen LogP contribution >= 0.6 is 0 Å². The molecule has 0 saturated carbocycles. The summed E-state index contributed by atoms with van der Waals surface area (Å²) in [6, 6.07) is 16.0. The Hall–Kier alpha value is -3.48. The number of nitriles is 1. The summed E-state index contributed by atoms with van der Waals surface area (Å²) >= 11 is 0. The van der Waals surface area contributed by atoms with Crippen molar-refractivity contribution < 1.29 is 13.2 Å². The second kappa shape index (κ2) is 9.17. The molecule has 1 aliphatic heterocycles. The fraction of sp³-hybridized carbons (Fsp3) is 0.292. The zero-order valence-electron chi connectivity index (χ0n) is 18.6. The minimum atomic E-state index is -3.81. The number of nitrogens with zero attached hydrogens (tertiary/aromatic N) is 5. The number of rotatable bonds is 5. The summed E-state index contributed by atoms with van der Waals surface area (Å²) < 4.78 is 29.2. The molecule has 0 atom stereocenters. The van der Waals surface area contributed by atoms with Gasteiger partial charge in [-0.15, -0.1) is 0 Å². The molecule has 0 spiro atoms. The average Bonchev–Trinajstić information content (AvgIpc) is 3.27. The Morgan fingerprint density at radius 3 is 2.48 bits per heavy atom. The minimum absolute atomic E-state index is 0.0000216. The van der Waals surface area contributed by atoms with Crippen LogP contribution in [0.4, 0.5) is 0 Å². The van der Waals surface area contributed by atoms with Crippen LogP contribution in [0.25, 0.3) is 5.69 Å². The van der Waals surface area contributed by atoms with Crippen LogP contribution in [-0.4, -0.2) is 59.5 Å². The Balaban J connectivity index is 1.52. The Bertz CT molecular complexity index is 1330. The molecule has 0 bridgehead atoms. The summed E-state index contributed by atoms with van der Waals surface area (Å²) in [6.07, 6.45) is 2.23. The van der Waals surface area contributed by atoms with Crippen molar-refractivity contribution in [1.82, 2.24) is 19.0 Å². The van der Waals surface area contributed by atoms with E-state index in [9.17, 15) is 18.5 Å². The first kappa shape index (κ1) is 22.7. The van der Waals surface area contributed by atoms with Crippen LogP contribution in [0.2, 0.25) is 0 Å². The number of carbonyl (C=O) groups is 1. The van der Waals surface area contributed by atoms with Crippen LogP contribution < -0.4 is 0 Å². The molecule has 2 aromatic carbocycles. The molecular weight excluding hydrogens is 438 g/mol. The van der Waals surface area contributed by atoms with Gasteiger partial charge in [0, 0.05) is 26.2 Å². The Kier molecular flexibility index (Phi) is 6.31. The lowest BCUT2D eigenvalue weighted by Crippen LogP contribution is -2.50. The van der Waals surface area contributed by atoms with Crippen molar-refractivity contribution in [2.75, 3.05) is 26.2 Å². The van der Waals surface area contributed by atoms with Gasteiger partial charge in [-0.3, -0.25) is 4.79 Å². The molecule has 9 heteroatoms. The Morgan fingerprint density at radius 1 is 1.09 bits per heavy atom. The molecule has 0 N–H and O–H groups in total. The highest BCUT2D eigenvalue weighted by atomic mass is 32.2. The van der Waals surface area contributed by atoms with Gasteiger partial charge in [-0.05, 0) is 43.2 Å². The van der Waals surface area contributed by atoms with Gasteiger partial charge in [-0.2, -0.15) is 14.7 Å². The van der Waals surface area contributed by atoms with Crippen molar-refractivity contribution in [2.24, 2.45) is 0 Å². The lowest BCUT2D eigenvalue weighted by molar-refractivity contribution is 0.0696. The molecule has 1 aromatic heterocycles. The third kappa shape index (κ3) is 4.27. The molecule has 1 amide bonds. The maximum atomic E-state index is 13.3. The highest BCUT2D eigenvalue weighted by Gasteiger charge is 2.32. The lowest BCUT2D eigenvalue weighted by Gasteiger charge is -2.34. The lowest BCUT2D eigenvalue weighted by atomic mass is 10.1. The zero-order chi connectivity index (χ0) is 23.6. The van der Waals surface area contributed by atoms with E-state index in [0.717, 1.165) is 16.9 Å². The predicted molar refractivity (Wildman–Crippen MR) is 123 cm³/mol. The van der Waals surface area contributed by atoms with E-state index in [-0.39, 0.29) is 42.5 Å². The first-order valence-corrected chi connectivity index (χ1v) is 12.2. The molecule has 1 aliphatic rings. The molecule has 170 valence electrons. The fourth-order valence-corrected chi connectivity index (χ4v) is 5.66. The van der Waals surface area contributed by atoms with E-state index in [0.29, 0.717) is 12.0 Å². The summed E-state index contributed by atoms with van der Waals surface area (Å²) in [5.41, 5.74) is 3.48. The van der Waals surface area contributed by atoms with Gasteiger partial charge in [0.25, 0.3) is 5.91 Å². The first-order chi connectivity index (χ1) is 15.9. The van der Waals surface area contributed by atoms with Gasteiger partial charge in [-0.25, -0.2) is 13.1 Å². The molecule has 0 unspecified atom stereocenters. The number of sulfonamides is 1. The van der Waals surface area contributed by atoms with Crippen molar-refractivity contribution in [3.8, 4) is 11.8 Å². The van der Waals surface area contributed by atoms with Crippen molar-refractivity contribution in [2.45, 2.75) is 25.2 Å². The molecule has 4 rings (SSSR count). The number of carbonyl (C=O) groups excluding carboxylic acids is 1. The largest absolute Gasteiger partial charge is 0.336 e. The summed E-state index contributed by atoms with van der Waals surface area (Å²) in [4.78, 5) is 14.9. The zero-order valence-corrected chi connectivity index (χ0v) is 19.4. The minimum Gasteiger partial charge on any atom is -0.336 e. The number of aromatic nitrogens is 2. The molecule has 0 radical (unpaired) electrons. The van der Waals surface area contributed by atoms with Gasteiger partial charge >= 0.3 is 0 Å². The normalized spacial score (nSPS) is 14.8. The third-order valence-electron chi connectivity index (χ3n) is 5.83. The van der Waals surface area contributed by atoms with Crippen LogP contribution in [0.15, 0.2) is 59.6 Å². The number of aryl methyl sites for hydroxylation is 1. The first-order valence-electron chi connectivity index (χ1n) is 10.8. The summed E-state index contributed by atoms with van der Waals surface area (Å²) in [7, 11) is -3.81. The van der Waals surface area contributed by atoms with Crippen LogP contribution in [-0.2, 0) is 16.4 Å². The molecule has 3 aromatic rings. The Morgan fingerprint density at radius 2 is 1.82 bits per heavy atom. The predicted octanol–water partition coefficient (Wildman–Crippen LogP) is 2.76. The van der Waals surface area contributed by atoms with Crippen molar-refractivity contribution >= 4 is 15.9 Å². The second-order valence-electron chi connectivity index (χ2n) is 7.91. The molecule has 33 heavy (non-hydrogen) atoms. The van der Waals surface area contributed by atoms with E-state index < -0.39 is 10.0 Å². The number of amides is 1. The standard InChI is InChI=1S/C24H25N5O3S/c1-3-22-21(17-26-29(22)20-9-6-7-18(2)15-20)24(30)27-11-13-28(14-12-27)33(31,32)23-10-5-4-8-19(23)16-25/h4-10,15,17H,3,11-14H2,1-2H3. The number of benzene rings is 2. The van der Waals surface area contributed by atoms with Gasteiger partial charge in [-0.1, -0.05) is 31.2 Å². The maximum absolute atomic E-state index is 13.3. The number of hydrogen-bond acceptors (Lipinski definition) is 5. The highest BCUT2D eigenvalue weighted by molar-refractivity contribution is 7.89. The van der Waals surface area contributed by atoms with Gasteiger partial charge < -0.3 is 4.90 Å². The molecule has 2 heterocycles. The fourth-order valence-electron chi connectivity index (χ4n) is 4.10. The molecule has 8 nitrogen and oxygen atoms in total. The smallest absolute Gasteiger partial charge is 0.257 e. The van der Waals surface area contributed by atoms with Gasteiger partial charge in [0.1, 0.15) is 6.07 Å². The van der Waals surface area contributed by atoms with Crippen LogP contribution in [0.1, 0.15) is 34.1 Å². The summed E-state index contributed by atoms with van der Waals surface area (Å²) in [5.74, 6) is -0.153. The molecule has 1 saturated heterocycles. The average molecular weight is 464 g/mol. The van der Waals surface area contributed by atoms with E-state index >= 15 is 0 Å². The third-order valence-corrected chi connectivity index (χ3v) is 7.79.